The summed E-state index contributed by atoms with van der Waals surface area (Å²) in [4.78, 5) is 11.8. The Labute approximate surface area is 115 Å². The molecule has 1 fully saturated rings. The van der Waals surface area contributed by atoms with E-state index in [4.69, 9.17) is 0 Å². The predicted molar refractivity (Wildman–Crippen MR) is 78.0 cm³/mol. The average Bonchev–Trinajstić information content (AvgIpc) is 2.90. The predicted octanol–water partition coefficient (Wildman–Crippen LogP) is 2.27. The Kier molecular flexibility index (Phi) is 5.40. The molecule has 0 aromatic heterocycles. The molecule has 1 atom stereocenters. The highest BCUT2D eigenvalue weighted by atomic mass is 16.1. The topological polar surface area (TPSA) is 41.1 Å². The lowest BCUT2D eigenvalue weighted by molar-refractivity contribution is -0.121. The summed E-state index contributed by atoms with van der Waals surface area (Å²) in [6, 6.07) is 11.1. The maximum Gasteiger partial charge on any atom is 0.234 e. The second kappa shape index (κ2) is 7.29. The van der Waals surface area contributed by atoms with E-state index >= 15 is 0 Å². The van der Waals surface area contributed by atoms with Crippen LogP contribution in [0.3, 0.4) is 0 Å². The molecule has 0 heterocycles. The van der Waals surface area contributed by atoms with Crippen LogP contribution in [-0.2, 0) is 11.2 Å². The molecule has 0 bridgehead atoms. The molecule has 0 aliphatic heterocycles. The van der Waals surface area contributed by atoms with Gasteiger partial charge in [-0.2, -0.15) is 0 Å². The molecule has 1 aromatic carbocycles. The zero-order valence-corrected chi connectivity index (χ0v) is 11.7. The van der Waals surface area contributed by atoms with Gasteiger partial charge in [0.1, 0.15) is 0 Å². The first-order valence-corrected chi connectivity index (χ1v) is 7.30. The van der Waals surface area contributed by atoms with Gasteiger partial charge in [0, 0.05) is 12.1 Å². The smallest absolute Gasteiger partial charge is 0.234 e. The van der Waals surface area contributed by atoms with Crippen molar-refractivity contribution in [1.29, 1.82) is 0 Å². The van der Waals surface area contributed by atoms with E-state index in [0.29, 0.717) is 18.6 Å². The number of hydrogen-bond donors (Lipinski definition) is 2. The van der Waals surface area contributed by atoms with Gasteiger partial charge < -0.3 is 10.6 Å². The highest BCUT2D eigenvalue weighted by Crippen LogP contribution is 2.17. The number of rotatable bonds is 6. The molecule has 2 N–H and O–H groups in total. The van der Waals surface area contributed by atoms with Crippen molar-refractivity contribution in [2.24, 2.45) is 0 Å². The van der Waals surface area contributed by atoms with E-state index < -0.39 is 0 Å². The zero-order valence-electron chi connectivity index (χ0n) is 11.7. The third-order valence-electron chi connectivity index (χ3n) is 3.72. The first-order chi connectivity index (χ1) is 9.24. The first-order valence-electron chi connectivity index (χ1n) is 7.30. The summed E-state index contributed by atoms with van der Waals surface area (Å²) >= 11 is 0. The van der Waals surface area contributed by atoms with Crippen LogP contribution < -0.4 is 10.6 Å². The summed E-state index contributed by atoms with van der Waals surface area (Å²) in [5.74, 6) is 0.131. The molecule has 19 heavy (non-hydrogen) atoms. The molecule has 0 saturated heterocycles. The lowest BCUT2D eigenvalue weighted by atomic mass is 10.1. The van der Waals surface area contributed by atoms with E-state index in [9.17, 15) is 4.79 Å². The van der Waals surface area contributed by atoms with Gasteiger partial charge in [0.05, 0.1) is 6.54 Å². The van der Waals surface area contributed by atoms with Crippen molar-refractivity contribution in [3.05, 3.63) is 35.9 Å². The van der Waals surface area contributed by atoms with E-state index in [-0.39, 0.29) is 5.91 Å². The van der Waals surface area contributed by atoms with Crippen molar-refractivity contribution in [3.8, 4) is 0 Å². The Bertz CT molecular complexity index is 385. The van der Waals surface area contributed by atoms with Gasteiger partial charge >= 0.3 is 0 Å². The summed E-state index contributed by atoms with van der Waals surface area (Å²) in [5.41, 5.74) is 1.30. The van der Waals surface area contributed by atoms with E-state index in [1.54, 1.807) is 0 Å². The highest BCUT2D eigenvalue weighted by molar-refractivity contribution is 5.78. The number of carbonyl (C=O) groups excluding carboxylic acids is 1. The largest absolute Gasteiger partial charge is 0.352 e. The monoisotopic (exact) mass is 260 g/mol. The maximum atomic E-state index is 11.8. The number of hydrogen-bond acceptors (Lipinski definition) is 2. The molecule has 104 valence electrons. The van der Waals surface area contributed by atoms with Crippen LogP contribution in [0, 0.1) is 0 Å². The van der Waals surface area contributed by atoms with Crippen molar-refractivity contribution in [2.75, 3.05) is 6.54 Å². The minimum absolute atomic E-state index is 0.131. The Hall–Kier alpha value is -1.35. The van der Waals surface area contributed by atoms with Gasteiger partial charge in [-0.1, -0.05) is 43.2 Å². The second-order valence-corrected chi connectivity index (χ2v) is 5.52. The third-order valence-corrected chi connectivity index (χ3v) is 3.72. The van der Waals surface area contributed by atoms with Crippen LogP contribution in [0.2, 0.25) is 0 Å². The Morgan fingerprint density at radius 1 is 1.26 bits per heavy atom. The average molecular weight is 260 g/mol. The van der Waals surface area contributed by atoms with Gasteiger partial charge in [0.15, 0.2) is 0 Å². The van der Waals surface area contributed by atoms with E-state index in [0.717, 1.165) is 19.3 Å². The van der Waals surface area contributed by atoms with Crippen molar-refractivity contribution < 1.29 is 4.79 Å². The van der Waals surface area contributed by atoms with Crippen molar-refractivity contribution in [3.63, 3.8) is 0 Å². The van der Waals surface area contributed by atoms with Gasteiger partial charge in [-0.25, -0.2) is 0 Å². The van der Waals surface area contributed by atoms with Gasteiger partial charge in [-0.3, -0.25) is 4.79 Å². The molecule has 1 unspecified atom stereocenters. The summed E-state index contributed by atoms with van der Waals surface area (Å²) in [5, 5.41) is 6.39. The fourth-order valence-electron chi connectivity index (χ4n) is 2.66. The van der Waals surface area contributed by atoms with Crippen molar-refractivity contribution in [2.45, 2.75) is 51.1 Å². The van der Waals surface area contributed by atoms with Gasteiger partial charge in [-0.05, 0) is 31.7 Å². The molecule has 1 aliphatic carbocycles. The molecular formula is C16H24N2O. The van der Waals surface area contributed by atoms with Crippen LogP contribution in [0.1, 0.15) is 38.2 Å². The Balaban J connectivity index is 1.65. The van der Waals surface area contributed by atoms with Crippen LogP contribution in [0.15, 0.2) is 30.3 Å². The summed E-state index contributed by atoms with van der Waals surface area (Å²) in [6.07, 6.45) is 5.75. The standard InChI is InChI=1S/C16H24N2O/c1-13(11-14-7-3-2-4-8-14)17-12-16(19)18-15-9-5-6-10-15/h2-4,7-8,13,15,17H,5-6,9-12H2,1H3,(H,18,19). The summed E-state index contributed by atoms with van der Waals surface area (Å²) < 4.78 is 0. The molecule has 3 nitrogen and oxygen atoms in total. The lowest BCUT2D eigenvalue weighted by Gasteiger charge is -2.16. The fourth-order valence-corrected chi connectivity index (χ4v) is 2.66. The molecule has 2 rings (SSSR count). The summed E-state index contributed by atoms with van der Waals surface area (Å²) in [7, 11) is 0. The molecule has 1 amide bonds. The van der Waals surface area contributed by atoms with Crippen LogP contribution >= 0.6 is 0 Å². The Morgan fingerprint density at radius 2 is 1.95 bits per heavy atom. The molecule has 1 aromatic rings. The number of carbonyl (C=O) groups is 1. The normalized spacial score (nSPS) is 17.3. The second-order valence-electron chi connectivity index (χ2n) is 5.52. The SMILES string of the molecule is CC(Cc1ccccc1)NCC(=O)NC1CCCC1. The zero-order chi connectivity index (χ0) is 13.5. The molecule has 1 saturated carbocycles. The molecule has 0 radical (unpaired) electrons. The van der Waals surface area contributed by atoms with Gasteiger partial charge in [0.25, 0.3) is 0 Å². The quantitative estimate of drug-likeness (QED) is 0.824. The fraction of sp³-hybridized carbons (Fsp3) is 0.562. The lowest BCUT2D eigenvalue weighted by Crippen LogP contribution is -2.42. The number of nitrogens with one attached hydrogen (secondary N) is 2. The minimum Gasteiger partial charge on any atom is -0.352 e. The van der Waals surface area contributed by atoms with E-state index in [1.807, 2.05) is 6.07 Å². The van der Waals surface area contributed by atoms with E-state index in [1.165, 1.54) is 18.4 Å². The van der Waals surface area contributed by atoms with Crippen LogP contribution in [0.25, 0.3) is 0 Å². The van der Waals surface area contributed by atoms with E-state index in [2.05, 4.69) is 41.8 Å². The van der Waals surface area contributed by atoms with Crippen molar-refractivity contribution in [1.82, 2.24) is 10.6 Å². The minimum atomic E-state index is 0.131. The van der Waals surface area contributed by atoms with Gasteiger partial charge in [0.2, 0.25) is 5.91 Å². The van der Waals surface area contributed by atoms with Crippen LogP contribution in [0.5, 0.6) is 0 Å². The van der Waals surface area contributed by atoms with Crippen LogP contribution in [-0.4, -0.2) is 24.5 Å². The first kappa shape index (κ1) is 14.1. The summed E-state index contributed by atoms with van der Waals surface area (Å²) in [6.45, 7) is 2.54. The molecular weight excluding hydrogens is 236 g/mol. The molecule has 1 aliphatic rings. The molecule has 0 spiro atoms. The Morgan fingerprint density at radius 3 is 2.63 bits per heavy atom. The third kappa shape index (κ3) is 5.03. The maximum absolute atomic E-state index is 11.8. The van der Waals surface area contributed by atoms with Gasteiger partial charge in [-0.15, -0.1) is 0 Å². The van der Waals surface area contributed by atoms with Crippen molar-refractivity contribution >= 4 is 5.91 Å². The van der Waals surface area contributed by atoms with Crippen LogP contribution in [0.4, 0.5) is 0 Å². The number of amides is 1. The highest BCUT2D eigenvalue weighted by Gasteiger charge is 2.17. The number of benzene rings is 1. The molecule has 3 heteroatoms.